The number of benzene rings is 2. The van der Waals surface area contributed by atoms with Crippen molar-refractivity contribution in [1.82, 2.24) is 0 Å². The average molecular weight is 267 g/mol. The SMILES string of the molecule is Cc1ccc(C(C)(C)C)cc1NC(=O)c1ccccc1. The Morgan fingerprint density at radius 2 is 1.65 bits per heavy atom. The minimum Gasteiger partial charge on any atom is -0.322 e. The van der Waals surface area contributed by atoms with Gasteiger partial charge in [0.05, 0.1) is 0 Å². The Morgan fingerprint density at radius 3 is 2.25 bits per heavy atom. The van der Waals surface area contributed by atoms with Gasteiger partial charge in [-0.15, -0.1) is 0 Å². The smallest absolute Gasteiger partial charge is 0.255 e. The van der Waals surface area contributed by atoms with Crippen LogP contribution in [0.4, 0.5) is 5.69 Å². The maximum absolute atomic E-state index is 12.2. The van der Waals surface area contributed by atoms with Gasteiger partial charge in [0, 0.05) is 11.3 Å². The summed E-state index contributed by atoms with van der Waals surface area (Å²) in [4.78, 5) is 12.2. The molecule has 0 fully saturated rings. The first-order valence-electron chi connectivity index (χ1n) is 6.85. The minimum absolute atomic E-state index is 0.0694. The van der Waals surface area contributed by atoms with Crippen LogP contribution >= 0.6 is 0 Å². The fourth-order valence-electron chi connectivity index (χ4n) is 2.01. The lowest BCUT2D eigenvalue weighted by molar-refractivity contribution is 0.102. The van der Waals surface area contributed by atoms with Gasteiger partial charge in [-0.3, -0.25) is 4.79 Å². The van der Waals surface area contributed by atoms with Crippen molar-refractivity contribution in [3.8, 4) is 0 Å². The molecule has 0 aliphatic rings. The monoisotopic (exact) mass is 267 g/mol. The molecule has 0 aliphatic heterocycles. The first kappa shape index (κ1) is 14.3. The van der Waals surface area contributed by atoms with Crippen LogP contribution in [-0.4, -0.2) is 5.91 Å². The zero-order valence-corrected chi connectivity index (χ0v) is 12.5. The Labute approximate surface area is 120 Å². The van der Waals surface area contributed by atoms with Crippen molar-refractivity contribution in [3.05, 3.63) is 65.2 Å². The zero-order chi connectivity index (χ0) is 14.8. The van der Waals surface area contributed by atoms with Crippen molar-refractivity contribution in [2.24, 2.45) is 0 Å². The molecule has 104 valence electrons. The molecule has 0 heterocycles. The molecule has 1 amide bonds. The first-order valence-corrected chi connectivity index (χ1v) is 6.85. The fraction of sp³-hybridized carbons (Fsp3) is 0.278. The van der Waals surface area contributed by atoms with E-state index < -0.39 is 0 Å². The summed E-state index contributed by atoms with van der Waals surface area (Å²) in [5.41, 5.74) is 3.91. The maximum Gasteiger partial charge on any atom is 0.255 e. The normalized spacial score (nSPS) is 11.2. The van der Waals surface area contributed by atoms with Crippen LogP contribution in [0.1, 0.15) is 42.3 Å². The van der Waals surface area contributed by atoms with E-state index in [2.05, 4.69) is 44.3 Å². The van der Waals surface area contributed by atoms with Crippen molar-refractivity contribution in [2.75, 3.05) is 5.32 Å². The van der Waals surface area contributed by atoms with Crippen LogP contribution < -0.4 is 5.32 Å². The fourth-order valence-corrected chi connectivity index (χ4v) is 2.01. The molecule has 0 aliphatic carbocycles. The van der Waals surface area contributed by atoms with Gasteiger partial charge in [-0.2, -0.15) is 0 Å². The molecule has 0 saturated heterocycles. The molecule has 2 aromatic carbocycles. The van der Waals surface area contributed by atoms with Crippen LogP contribution in [0.25, 0.3) is 0 Å². The lowest BCUT2D eigenvalue weighted by Gasteiger charge is -2.21. The van der Waals surface area contributed by atoms with Crippen LogP contribution in [0.5, 0.6) is 0 Å². The average Bonchev–Trinajstić information content (AvgIpc) is 2.41. The highest BCUT2D eigenvalue weighted by atomic mass is 16.1. The summed E-state index contributed by atoms with van der Waals surface area (Å²) in [5.74, 6) is -0.0697. The van der Waals surface area contributed by atoms with Crippen LogP contribution in [0, 0.1) is 6.92 Å². The molecule has 2 heteroatoms. The molecule has 2 aromatic rings. The van der Waals surface area contributed by atoms with E-state index in [0.717, 1.165) is 11.3 Å². The van der Waals surface area contributed by atoms with E-state index in [-0.39, 0.29) is 11.3 Å². The van der Waals surface area contributed by atoms with Gasteiger partial charge in [-0.05, 0) is 41.7 Å². The maximum atomic E-state index is 12.2. The summed E-state index contributed by atoms with van der Waals surface area (Å²) < 4.78 is 0. The number of hydrogen-bond donors (Lipinski definition) is 1. The number of rotatable bonds is 2. The van der Waals surface area contributed by atoms with Crippen molar-refractivity contribution in [2.45, 2.75) is 33.1 Å². The molecule has 0 spiro atoms. The Balaban J connectivity index is 2.27. The van der Waals surface area contributed by atoms with Crippen molar-refractivity contribution in [1.29, 1.82) is 0 Å². The minimum atomic E-state index is -0.0697. The Bertz CT molecular complexity index is 609. The summed E-state index contributed by atoms with van der Waals surface area (Å²) >= 11 is 0. The standard InChI is InChI=1S/C18H21NO/c1-13-10-11-15(18(2,3)4)12-16(13)19-17(20)14-8-6-5-7-9-14/h5-12H,1-4H3,(H,19,20). The van der Waals surface area contributed by atoms with Gasteiger partial charge >= 0.3 is 0 Å². The largest absolute Gasteiger partial charge is 0.322 e. The molecule has 2 nitrogen and oxygen atoms in total. The predicted octanol–water partition coefficient (Wildman–Crippen LogP) is 4.54. The third-order valence-electron chi connectivity index (χ3n) is 3.39. The molecule has 1 N–H and O–H groups in total. The first-order chi connectivity index (χ1) is 9.38. The van der Waals surface area contributed by atoms with Gasteiger partial charge < -0.3 is 5.32 Å². The van der Waals surface area contributed by atoms with Gasteiger partial charge in [-0.1, -0.05) is 51.1 Å². The van der Waals surface area contributed by atoms with Gasteiger partial charge in [0.1, 0.15) is 0 Å². The predicted molar refractivity (Wildman–Crippen MR) is 84.3 cm³/mol. The van der Waals surface area contributed by atoms with Gasteiger partial charge in [0.2, 0.25) is 0 Å². The zero-order valence-electron chi connectivity index (χ0n) is 12.5. The van der Waals surface area contributed by atoms with E-state index in [9.17, 15) is 4.79 Å². The van der Waals surface area contributed by atoms with Crippen LogP contribution in [0.3, 0.4) is 0 Å². The molecule has 0 atom stereocenters. The highest BCUT2D eigenvalue weighted by Gasteiger charge is 2.15. The molecule has 20 heavy (non-hydrogen) atoms. The topological polar surface area (TPSA) is 29.1 Å². The van der Waals surface area contributed by atoms with Crippen molar-refractivity contribution in [3.63, 3.8) is 0 Å². The van der Waals surface area contributed by atoms with Crippen LogP contribution in [0.15, 0.2) is 48.5 Å². The highest BCUT2D eigenvalue weighted by molar-refractivity contribution is 6.04. The van der Waals surface area contributed by atoms with Gasteiger partial charge in [0.15, 0.2) is 0 Å². The van der Waals surface area contributed by atoms with Gasteiger partial charge in [0.25, 0.3) is 5.91 Å². The van der Waals surface area contributed by atoms with Crippen LogP contribution in [-0.2, 0) is 5.41 Å². The van der Waals surface area contributed by atoms with E-state index in [4.69, 9.17) is 0 Å². The number of carbonyl (C=O) groups is 1. The number of nitrogens with one attached hydrogen (secondary N) is 1. The number of amides is 1. The number of carbonyl (C=O) groups excluding carboxylic acids is 1. The third kappa shape index (κ3) is 3.27. The van der Waals surface area contributed by atoms with Crippen LogP contribution in [0.2, 0.25) is 0 Å². The van der Waals surface area contributed by atoms with E-state index in [1.165, 1.54) is 5.56 Å². The van der Waals surface area contributed by atoms with Gasteiger partial charge in [-0.25, -0.2) is 0 Å². The number of aryl methyl sites for hydroxylation is 1. The summed E-state index contributed by atoms with van der Waals surface area (Å²) in [5, 5.41) is 3.00. The molecular formula is C18H21NO. The summed E-state index contributed by atoms with van der Waals surface area (Å²) in [6.07, 6.45) is 0. The van der Waals surface area contributed by atoms with Crippen molar-refractivity contribution < 1.29 is 4.79 Å². The molecular weight excluding hydrogens is 246 g/mol. The second-order valence-electron chi connectivity index (χ2n) is 6.10. The molecule has 0 unspecified atom stereocenters. The van der Waals surface area contributed by atoms with E-state index in [1.807, 2.05) is 37.3 Å². The lowest BCUT2D eigenvalue weighted by Crippen LogP contribution is -2.15. The second kappa shape index (κ2) is 5.49. The number of hydrogen-bond acceptors (Lipinski definition) is 1. The number of anilines is 1. The molecule has 0 saturated carbocycles. The molecule has 2 rings (SSSR count). The quantitative estimate of drug-likeness (QED) is 0.850. The second-order valence-corrected chi connectivity index (χ2v) is 6.10. The summed E-state index contributed by atoms with van der Waals surface area (Å²) in [6.45, 7) is 8.51. The summed E-state index contributed by atoms with van der Waals surface area (Å²) in [6, 6.07) is 15.5. The third-order valence-corrected chi connectivity index (χ3v) is 3.39. The highest BCUT2D eigenvalue weighted by Crippen LogP contribution is 2.27. The molecule has 0 aromatic heterocycles. The Hall–Kier alpha value is -2.09. The summed E-state index contributed by atoms with van der Waals surface area (Å²) in [7, 11) is 0. The Morgan fingerprint density at radius 1 is 1.00 bits per heavy atom. The Kier molecular flexibility index (Phi) is 3.93. The lowest BCUT2D eigenvalue weighted by atomic mass is 9.86. The molecule has 0 bridgehead atoms. The molecule has 0 radical (unpaired) electrons. The van der Waals surface area contributed by atoms with Crippen molar-refractivity contribution >= 4 is 11.6 Å². The van der Waals surface area contributed by atoms with E-state index in [1.54, 1.807) is 0 Å². The van der Waals surface area contributed by atoms with E-state index >= 15 is 0 Å². The van der Waals surface area contributed by atoms with E-state index in [0.29, 0.717) is 5.56 Å².